The monoisotopic (exact) mass is 450 g/mol. The Morgan fingerprint density at radius 2 is 2.12 bits per heavy atom. The van der Waals surface area contributed by atoms with Gasteiger partial charge in [-0.3, -0.25) is 9.48 Å². The van der Waals surface area contributed by atoms with E-state index in [0.717, 1.165) is 40.1 Å². The zero-order valence-electron chi connectivity index (χ0n) is 18.8. The van der Waals surface area contributed by atoms with Crippen LogP contribution in [0.1, 0.15) is 36.2 Å². The van der Waals surface area contributed by atoms with Crippen molar-refractivity contribution in [2.24, 2.45) is 13.0 Å². The van der Waals surface area contributed by atoms with Gasteiger partial charge in [0.05, 0.1) is 30.3 Å². The van der Waals surface area contributed by atoms with Crippen molar-refractivity contribution in [1.29, 1.82) is 0 Å². The SMILES string of the molecule is C=CC(=O)N[C@@H]1CN(c2nc(Cc3cn(C)nc3C)c3ncn(C45CC(C4)C5)c3n2)C[C@H]1F. The highest BCUT2D eigenvalue weighted by atomic mass is 19.1. The summed E-state index contributed by atoms with van der Waals surface area (Å²) in [6, 6.07) is -0.624. The Morgan fingerprint density at radius 3 is 2.76 bits per heavy atom. The smallest absolute Gasteiger partial charge is 0.243 e. The van der Waals surface area contributed by atoms with E-state index in [1.165, 1.54) is 19.3 Å². The molecule has 10 heteroatoms. The van der Waals surface area contributed by atoms with Gasteiger partial charge in [-0.25, -0.2) is 14.4 Å². The van der Waals surface area contributed by atoms with Crippen LogP contribution in [-0.4, -0.2) is 60.5 Å². The van der Waals surface area contributed by atoms with E-state index in [4.69, 9.17) is 15.0 Å². The highest BCUT2D eigenvalue weighted by Crippen LogP contribution is 2.62. The number of imidazole rings is 1. The zero-order valence-corrected chi connectivity index (χ0v) is 18.8. The second kappa shape index (κ2) is 7.10. The molecule has 3 saturated carbocycles. The minimum atomic E-state index is -1.21. The molecular formula is C23H27FN8O. The molecular weight excluding hydrogens is 423 g/mol. The molecule has 1 N–H and O–H groups in total. The van der Waals surface area contributed by atoms with Crippen molar-refractivity contribution in [2.45, 2.75) is 50.4 Å². The van der Waals surface area contributed by atoms with E-state index in [0.29, 0.717) is 18.9 Å². The van der Waals surface area contributed by atoms with Gasteiger partial charge in [0.2, 0.25) is 11.9 Å². The summed E-state index contributed by atoms with van der Waals surface area (Å²) in [4.78, 5) is 28.0. The van der Waals surface area contributed by atoms with Crippen molar-refractivity contribution >= 4 is 23.0 Å². The number of fused-ring (bicyclic) bond motifs is 1. The van der Waals surface area contributed by atoms with Crippen molar-refractivity contribution in [3.63, 3.8) is 0 Å². The van der Waals surface area contributed by atoms with Gasteiger partial charge in [-0.1, -0.05) is 6.58 Å². The Bertz CT molecular complexity index is 1260. The lowest BCUT2D eigenvalue weighted by atomic mass is 9.49. The molecule has 2 atom stereocenters. The number of aryl methyl sites for hydroxylation is 2. The van der Waals surface area contributed by atoms with Gasteiger partial charge in [0, 0.05) is 31.7 Å². The lowest BCUT2D eigenvalue weighted by molar-refractivity contribution is -0.117. The number of alkyl halides is 1. The predicted molar refractivity (Wildman–Crippen MR) is 121 cm³/mol. The molecule has 1 amide bonds. The standard InChI is InChI=1S/C23H27FN8O/c1-4-19(33)26-18-11-31(10-16(18)24)22-27-17(5-15-9-30(3)29-13(15)2)20-21(28-22)32(12-25-20)23-6-14(7-23)8-23/h4,9,12,14,16,18H,1,5-8,10-11H2,2-3H3,(H,26,33)/t14?,16-,18-,23?/m1/s1. The molecule has 0 unspecified atom stereocenters. The van der Waals surface area contributed by atoms with Crippen LogP contribution in [0, 0.1) is 12.8 Å². The summed E-state index contributed by atoms with van der Waals surface area (Å²) in [5, 5.41) is 7.13. The van der Waals surface area contributed by atoms with E-state index in [2.05, 4.69) is 21.6 Å². The fourth-order valence-electron chi connectivity index (χ4n) is 5.59. The first-order valence-electron chi connectivity index (χ1n) is 11.4. The van der Waals surface area contributed by atoms with Crippen molar-refractivity contribution in [3.8, 4) is 0 Å². The molecule has 0 spiro atoms. The average molecular weight is 451 g/mol. The third kappa shape index (κ3) is 3.14. The van der Waals surface area contributed by atoms with Gasteiger partial charge in [-0.15, -0.1) is 0 Å². The Kier molecular flexibility index (Phi) is 4.37. The summed E-state index contributed by atoms with van der Waals surface area (Å²) in [7, 11) is 1.90. The number of hydrogen-bond donors (Lipinski definition) is 1. The topological polar surface area (TPSA) is 93.8 Å². The summed E-state index contributed by atoms with van der Waals surface area (Å²) >= 11 is 0. The lowest BCUT2D eigenvalue weighted by Crippen LogP contribution is -2.59. The number of anilines is 1. The summed E-state index contributed by atoms with van der Waals surface area (Å²) in [5.74, 6) is 0.919. The van der Waals surface area contributed by atoms with Crippen molar-refractivity contribution in [3.05, 3.63) is 42.1 Å². The number of nitrogens with zero attached hydrogens (tertiary/aromatic N) is 7. The zero-order chi connectivity index (χ0) is 22.9. The molecule has 4 heterocycles. The van der Waals surface area contributed by atoms with Crippen LogP contribution in [0.3, 0.4) is 0 Å². The van der Waals surface area contributed by atoms with Gasteiger partial charge in [0.1, 0.15) is 11.7 Å². The van der Waals surface area contributed by atoms with Crippen LogP contribution in [0.4, 0.5) is 10.3 Å². The fourth-order valence-corrected chi connectivity index (χ4v) is 5.59. The second-order valence-corrected chi connectivity index (χ2v) is 9.79. The molecule has 33 heavy (non-hydrogen) atoms. The highest BCUT2D eigenvalue weighted by molar-refractivity contribution is 5.87. The molecule has 0 radical (unpaired) electrons. The van der Waals surface area contributed by atoms with Crippen LogP contribution in [0.15, 0.2) is 25.2 Å². The summed E-state index contributed by atoms with van der Waals surface area (Å²) in [6.07, 6.45) is 7.92. The molecule has 7 rings (SSSR count). The van der Waals surface area contributed by atoms with Crippen molar-refractivity contribution < 1.29 is 9.18 Å². The number of halogens is 1. The number of carbonyl (C=O) groups is 1. The number of amides is 1. The predicted octanol–water partition coefficient (Wildman–Crippen LogP) is 1.80. The van der Waals surface area contributed by atoms with Crippen LogP contribution in [-0.2, 0) is 23.8 Å². The first-order valence-corrected chi connectivity index (χ1v) is 11.4. The van der Waals surface area contributed by atoms with Crippen molar-refractivity contribution in [2.75, 3.05) is 18.0 Å². The van der Waals surface area contributed by atoms with E-state index in [1.54, 1.807) is 4.68 Å². The number of hydrogen-bond acceptors (Lipinski definition) is 6. The Hall–Kier alpha value is -3.30. The molecule has 172 valence electrons. The Balaban J connectivity index is 1.40. The van der Waals surface area contributed by atoms with Crippen LogP contribution >= 0.6 is 0 Å². The van der Waals surface area contributed by atoms with Crippen LogP contribution < -0.4 is 10.2 Å². The quantitative estimate of drug-likeness (QED) is 0.576. The van der Waals surface area contributed by atoms with Crippen LogP contribution in [0.2, 0.25) is 0 Å². The van der Waals surface area contributed by atoms with E-state index in [9.17, 15) is 9.18 Å². The molecule has 1 aliphatic heterocycles. The normalized spacial score (nSPS) is 28.0. The number of carbonyl (C=O) groups excluding carboxylic acids is 1. The van der Waals surface area contributed by atoms with Gasteiger partial charge in [0.15, 0.2) is 5.65 Å². The first-order chi connectivity index (χ1) is 15.8. The molecule has 2 bridgehead atoms. The Labute approximate surface area is 190 Å². The van der Waals surface area contributed by atoms with Gasteiger partial charge in [-0.05, 0) is 43.7 Å². The maximum absolute atomic E-state index is 14.7. The molecule has 3 aromatic rings. The molecule has 4 fully saturated rings. The minimum absolute atomic E-state index is 0.125. The largest absolute Gasteiger partial charge is 0.345 e. The summed E-state index contributed by atoms with van der Waals surface area (Å²) in [5.41, 5.74) is 4.56. The highest BCUT2D eigenvalue weighted by Gasteiger charge is 2.58. The molecule has 3 aromatic heterocycles. The van der Waals surface area contributed by atoms with Gasteiger partial charge in [0.25, 0.3) is 0 Å². The molecule has 3 aliphatic carbocycles. The number of nitrogens with one attached hydrogen (secondary N) is 1. The second-order valence-electron chi connectivity index (χ2n) is 9.79. The summed E-state index contributed by atoms with van der Waals surface area (Å²) in [6.45, 7) is 5.87. The first kappa shape index (κ1) is 20.3. The molecule has 1 saturated heterocycles. The van der Waals surface area contributed by atoms with Crippen LogP contribution in [0.5, 0.6) is 0 Å². The van der Waals surface area contributed by atoms with E-state index in [-0.39, 0.29) is 18.0 Å². The van der Waals surface area contributed by atoms with Crippen molar-refractivity contribution in [1.82, 2.24) is 34.6 Å². The number of rotatable bonds is 6. The van der Waals surface area contributed by atoms with Gasteiger partial charge >= 0.3 is 0 Å². The molecule has 9 nitrogen and oxygen atoms in total. The average Bonchev–Trinajstić information content (AvgIpc) is 3.38. The fraction of sp³-hybridized carbons (Fsp3) is 0.522. The van der Waals surface area contributed by atoms with Gasteiger partial charge in [-0.2, -0.15) is 10.1 Å². The number of aromatic nitrogens is 6. The van der Waals surface area contributed by atoms with Crippen LogP contribution in [0.25, 0.3) is 11.2 Å². The van der Waals surface area contributed by atoms with E-state index < -0.39 is 12.2 Å². The third-order valence-electron chi connectivity index (χ3n) is 7.49. The molecule has 0 aromatic carbocycles. The molecule has 4 aliphatic rings. The Morgan fingerprint density at radius 1 is 1.33 bits per heavy atom. The third-order valence-corrected chi connectivity index (χ3v) is 7.49. The maximum atomic E-state index is 14.7. The van der Waals surface area contributed by atoms with Gasteiger partial charge < -0.3 is 14.8 Å². The maximum Gasteiger partial charge on any atom is 0.243 e. The lowest BCUT2D eigenvalue weighted by Gasteiger charge is -2.62. The van der Waals surface area contributed by atoms with E-state index >= 15 is 0 Å². The van der Waals surface area contributed by atoms with E-state index in [1.807, 2.05) is 31.4 Å². The summed E-state index contributed by atoms with van der Waals surface area (Å²) < 4.78 is 18.8. The minimum Gasteiger partial charge on any atom is -0.345 e.